The molecule has 1 aromatic carbocycles. The molecule has 1 rings (SSSR count). The number of ether oxygens (including phenoxy) is 1. The Hall–Kier alpha value is -1.73. The molecule has 0 radical (unpaired) electrons. The molecule has 1 aromatic rings. The molecule has 0 saturated heterocycles. The van der Waals surface area contributed by atoms with Gasteiger partial charge in [-0.3, -0.25) is 0 Å². The molecule has 92 valence electrons. The average Bonchev–Trinajstić information content (AvgIpc) is 2.23. The molecule has 0 fully saturated rings. The lowest BCUT2D eigenvalue weighted by Crippen LogP contribution is -2.35. The molecule has 0 saturated carbocycles. The lowest BCUT2D eigenvalue weighted by atomic mass is 10.0. The quantitative estimate of drug-likeness (QED) is 0.765. The number of anilines is 2. The molecule has 4 nitrogen and oxygen atoms in total. The first-order chi connectivity index (χ1) is 7.98. The maximum absolute atomic E-state index is 8.71. The number of rotatable bonds is 5. The standard InChI is InChI=1S/C13H19N3O/c1-13(2,9-17-3)16-11-4-5-12(15)10(8-11)6-7-14/h4-5,8,16H,6,9,15H2,1-3H3. The summed E-state index contributed by atoms with van der Waals surface area (Å²) in [5.41, 5.74) is 8.09. The van der Waals surface area contributed by atoms with Crippen molar-refractivity contribution >= 4 is 11.4 Å². The minimum Gasteiger partial charge on any atom is -0.398 e. The molecular weight excluding hydrogens is 214 g/mol. The molecule has 0 aliphatic rings. The molecule has 0 amide bonds. The second-order valence-electron chi connectivity index (χ2n) is 4.69. The highest BCUT2D eigenvalue weighted by Crippen LogP contribution is 2.21. The van der Waals surface area contributed by atoms with Crippen LogP contribution in [0.1, 0.15) is 19.4 Å². The van der Waals surface area contributed by atoms with Gasteiger partial charge >= 0.3 is 0 Å². The molecule has 0 atom stereocenters. The largest absolute Gasteiger partial charge is 0.398 e. The molecule has 0 aliphatic heterocycles. The van der Waals surface area contributed by atoms with Gasteiger partial charge in [0.15, 0.2) is 0 Å². The van der Waals surface area contributed by atoms with Gasteiger partial charge in [-0.15, -0.1) is 0 Å². The predicted molar refractivity (Wildman–Crippen MR) is 69.7 cm³/mol. The number of nitrogen functional groups attached to an aromatic ring is 1. The smallest absolute Gasteiger partial charge is 0.0687 e. The maximum atomic E-state index is 8.71. The van der Waals surface area contributed by atoms with Crippen molar-refractivity contribution in [3.8, 4) is 6.07 Å². The minimum atomic E-state index is -0.158. The molecular formula is C13H19N3O. The number of methoxy groups -OCH3 is 1. The van der Waals surface area contributed by atoms with Gasteiger partial charge < -0.3 is 15.8 Å². The molecule has 0 heterocycles. The highest BCUT2D eigenvalue weighted by atomic mass is 16.5. The zero-order valence-electron chi connectivity index (χ0n) is 10.6. The fourth-order valence-electron chi connectivity index (χ4n) is 1.71. The van der Waals surface area contributed by atoms with Crippen LogP contribution in [0.3, 0.4) is 0 Å². The molecule has 0 bridgehead atoms. The molecule has 0 aliphatic carbocycles. The summed E-state index contributed by atoms with van der Waals surface area (Å²) in [4.78, 5) is 0. The zero-order chi connectivity index (χ0) is 12.9. The molecule has 0 spiro atoms. The normalized spacial score (nSPS) is 10.9. The van der Waals surface area contributed by atoms with Crippen molar-refractivity contribution in [1.29, 1.82) is 5.26 Å². The van der Waals surface area contributed by atoms with Gasteiger partial charge in [0.1, 0.15) is 0 Å². The molecule has 17 heavy (non-hydrogen) atoms. The van der Waals surface area contributed by atoms with E-state index in [4.69, 9.17) is 15.7 Å². The van der Waals surface area contributed by atoms with Crippen molar-refractivity contribution in [3.63, 3.8) is 0 Å². The number of nitrogens with one attached hydrogen (secondary N) is 1. The van der Waals surface area contributed by atoms with E-state index in [0.717, 1.165) is 11.3 Å². The van der Waals surface area contributed by atoms with Crippen LogP contribution in [-0.2, 0) is 11.2 Å². The Labute approximate surface area is 102 Å². The highest BCUT2D eigenvalue weighted by Gasteiger charge is 2.17. The third-order valence-electron chi connectivity index (χ3n) is 2.40. The van der Waals surface area contributed by atoms with Crippen molar-refractivity contribution in [1.82, 2.24) is 0 Å². The van der Waals surface area contributed by atoms with Crippen LogP contribution < -0.4 is 11.1 Å². The van der Waals surface area contributed by atoms with Crippen molar-refractivity contribution in [2.45, 2.75) is 25.8 Å². The van der Waals surface area contributed by atoms with E-state index >= 15 is 0 Å². The summed E-state index contributed by atoms with van der Waals surface area (Å²) in [6.07, 6.45) is 0.325. The van der Waals surface area contributed by atoms with Crippen LogP contribution in [0.5, 0.6) is 0 Å². The van der Waals surface area contributed by atoms with Crippen LogP contribution in [0.4, 0.5) is 11.4 Å². The Balaban J connectivity index is 2.86. The number of hydrogen-bond donors (Lipinski definition) is 2. The van der Waals surface area contributed by atoms with Gasteiger partial charge in [-0.25, -0.2) is 0 Å². The third-order valence-corrected chi connectivity index (χ3v) is 2.40. The van der Waals surface area contributed by atoms with Gasteiger partial charge in [0.25, 0.3) is 0 Å². The Morgan fingerprint density at radius 2 is 2.18 bits per heavy atom. The van der Waals surface area contributed by atoms with E-state index in [2.05, 4.69) is 25.2 Å². The first-order valence-electron chi connectivity index (χ1n) is 5.51. The lowest BCUT2D eigenvalue weighted by molar-refractivity contribution is 0.158. The Morgan fingerprint density at radius 1 is 1.47 bits per heavy atom. The van der Waals surface area contributed by atoms with Crippen molar-refractivity contribution in [2.75, 3.05) is 24.8 Å². The number of nitrogens with two attached hydrogens (primary N) is 1. The summed E-state index contributed by atoms with van der Waals surface area (Å²) in [6.45, 7) is 4.71. The number of hydrogen-bond acceptors (Lipinski definition) is 4. The lowest BCUT2D eigenvalue weighted by Gasteiger charge is -2.27. The summed E-state index contributed by atoms with van der Waals surface area (Å²) >= 11 is 0. The number of nitriles is 1. The van der Waals surface area contributed by atoms with Crippen LogP contribution in [0.2, 0.25) is 0 Å². The monoisotopic (exact) mass is 233 g/mol. The van der Waals surface area contributed by atoms with Crippen LogP contribution >= 0.6 is 0 Å². The number of benzene rings is 1. The Kier molecular flexibility index (Phi) is 4.36. The van der Waals surface area contributed by atoms with Gasteiger partial charge in [0.2, 0.25) is 0 Å². The number of nitrogens with zero attached hydrogens (tertiary/aromatic N) is 1. The van der Waals surface area contributed by atoms with Gasteiger partial charge in [0.05, 0.1) is 24.6 Å². The first kappa shape index (κ1) is 13.3. The Bertz CT molecular complexity index is 421. The van der Waals surface area contributed by atoms with Gasteiger partial charge in [-0.2, -0.15) is 5.26 Å². The molecule has 0 aromatic heterocycles. The maximum Gasteiger partial charge on any atom is 0.0687 e. The third kappa shape index (κ3) is 3.97. The van der Waals surface area contributed by atoms with E-state index < -0.39 is 0 Å². The minimum absolute atomic E-state index is 0.158. The van der Waals surface area contributed by atoms with Crippen LogP contribution in [0, 0.1) is 11.3 Å². The average molecular weight is 233 g/mol. The summed E-state index contributed by atoms with van der Waals surface area (Å²) < 4.78 is 5.14. The topological polar surface area (TPSA) is 71.1 Å². The molecule has 4 heteroatoms. The van der Waals surface area contributed by atoms with Gasteiger partial charge in [0, 0.05) is 18.5 Å². The van der Waals surface area contributed by atoms with Crippen LogP contribution in [-0.4, -0.2) is 19.3 Å². The van der Waals surface area contributed by atoms with E-state index in [1.807, 2.05) is 18.2 Å². The first-order valence-corrected chi connectivity index (χ1v) is 5.51. The molecule has 3 N–H and O–H groups in total. The van der Waals surface area contributed by atoms with Gasteiger partial charge in [-0.1, -0.05) is 0 Å². The predicted octanol–water partition coefficient (Wildman–Crippen LogP) is 2.17. The SMILES string of the molecule is COCC(C)(C)Nc1ccc(N)c(CC#N)c1. The van der Waals surface area contributed by atoms with E-state index in [0.29, 0.717) is 18.7 Å². The second kappa shape index (κ2) is 5.55. The highest BCUT2D eigenvalue weighted by molar-refractivity contribution is 5.58. The molecule has 0 unspecified atom stereocenters. The van der Waals surface area contributed by atoms with E-state index in [9.17, 15) is 0 Å². The summed E-state index contributed by atoms with van der Waals surface area (Å²) in [6, 6.07) is 7.75. The zero-order valence-corrected chi connectivity index (χ0v) is 10.6. The van der Waals surface area contributed by atoms with Gasteiger partial charge in [-0.05, 0) is 37.6 Å². The van der Waals surface area contributed by atoms with Crippen molar-refractivity contribution < 1.29 is 4.74 Å². The van der Waals surface area contributed by atoms with E-state index in [1.54, 1.807) is 7.11 Å². The summed E-state index contributed by atoms with van der Waals surface area (Å²) in [5.74, 6) is 0. The van der Waals surface area contributed by atoms with Crippen LogP contribution in [0.25, 0.3) is 0 Å². The summed E-state index contributed by atoms with van der Waals surface area (Å²) in [7, 11) is 1.67. The fraction of sp³-hybridized carbons (Fsp3) is 0.462. The van der Waals surface area contributed by atoms with E-state index in [-0.39, 0.29) is 5.54 Å². The fourth-order valence-corrected chi connectivity index (χ4v) is 1.71. The second-order valence-corrected chi connectivity index (χ2v) is 4.69. The Morgan fingerprint density at radius 3 is 2.76 bits per heavy atom. The summed E-state index contributed by atoms with van der Waals surface area (Å²) in [5, 5.41) is 12.1. The van der Waals surface area contributed by atoms with Crippen molar-refractivity contribution in [2.24, 2.45) is 0 Å². The van der Waals surface area contributed by atoms with E-state index in [1.165, 1.54) is 0 Å². The van der Waals surface area contributed by atoms with Crippen molar-refractivity contribution in [3.05, 3.63) is 23.8 Å². The van der Waals surface area contributed by atoms with Crippen LogP contribution in [0.15, 0.2) is 18.2 Å².